The maximum atomic E-state index is 11.8. The summed E-state index contributed by atoms with van der Waals surface area (Å²) >= 11 is 0. The van der Waals surface area contributed by atoms with Crippen LogP contribution in [0, 0.1) is 5.41 Å². The van der Waals surface area contributed by atoms with Gasteiger partial charge in [0.15, 0.2) is 0 Å². The molecule has 1 unspecified atom stereocenters. The zero-order chi connectivity index (χ0) is 14.7. The van der Waals surface area contributed by atoms with E-state index in [9.17, 15) is 4.79 Å². The molecule has 3 nitrogen and oxygen atoms in total. The molecule has 114 valence electrons. The van der Waals surface area contributed by atoms with E-state index in [1.165, 1.54) is 25.7 Å². The van der Waals surface area contributed by atoms with Crippen LogP contribution in [0.5, 0.6) is 0 Å². The van der Waals surface area contributed by atoms with E-state index in [2.05, 4.69) is 33.0 Å². The lowest BCUT2D eigenvalue weighted by Gasteiger charge is -2.27. The summed E-state index contributed by atoms with van der Waals surface area (Å²) in [6.45, 7) is 12.0. The summed E-state index contributed by atoms with van der Waals surface area (Å²) in [7, 11) is 0. The van der Waals surface area contributed by atoms with E-state index < -0.39 is 0 Å². The number of nitrogens with one attached hydrogen (secondary N) is 1. The minimum Gasteiger partial charge on any atom is -0.465 e. The quantitative estimate of drug-likeness (QED) is 0.457. The van der Waals surface area contributed by atoms with Crippen LogP contribution in [-0.4, -0.2) is 25.2 Å². The fourth-order valence-corrected chi connectivity index (χ4v) is 2.18. The highest BCUT2D eigenvalue weighted by Crippen LogP contribution is 2.23. The number of ether oxygens (including phenoxy) is 1. The number of carbonyl (C=O) groups is 1. The van der Waals surface area contributed by atoms with Gasteiger partial charge < -0.3 is 10.1 Å². The second-order valence-corrected chi connectivity index (χ2v) is 6.10. The Morgan fingerprint density at radius 3 is 2.37 bits per heavy atom. The molecule has 19 heavy (non-hydrogen) atoms. The van der Waals surface area contributed by atoms with E-state index in [1.807, 2.05) is 6.92 Å². The predicted octanol–water partition coefficient (Wildman–Crippen LogP) is 3.91. The molecule has 0 saturated heterocycles. The SMILES string of the molecule is CCCCCC(C)(C)CNC(CCC)C(=O)OCC. The molecule has 0 aromatic carbocycles. The lowest BCUT2D eigenvalue weighted by atomic mass is 9.86. The van der Waals surface area contributed by atoms with Gasteiger partial charge >= 0.3 is 5.97 Å². The van der Waals surface area contributed by atoms with Gasteiger partial charge in [0.1, 0.15) is 6.04 Å². The van der Waals surface area contributed by atoms with Crippen LogP contribution in [0.1, 0.15) is 73.1 Å². The van der Waals surface area contributed by atoms with Crippen LogP contribution < -0.4 is 5.32 Å². The third-order valence-corrected chi connectivity index (χ3v) is 3.43. The number of unbranched alkanes of at least 4 members (excludes halogenated alkanes) is 2. The molecule has 0 heterocycles. The Hall–Kier alpha value is -0.570. The Morgan fingerprint density at radius 1 is 1.16 bits per heavy atom. The standard InChI is InChI=1S/C16H33NO2/c1-6-9-10-12-16(4,5)13-17-14(11-7-2)15(18)19-8-3/h14,17H,6-13H2,1-5H3. The van der Waals surface area contributed by atoms with E-state index in [0.29, 0.717) is 6.61 Å². The Kier molecular flexibility index (Phi) is 9.94. The summed E-state index contributed by atoms with van der Waals surface area (Å²) in [6, 6.07) is -0.143. The van der Waals surface area contributed by atoms with E-state index >= 15 is 0 Å². The first-order chi connectivity index (χ1) is 8.96. The molecule has 0 bridgehead atoms. The number of hydrogen-bond acceptors (Lipinski definition) is 3. The van der Waals surface area contributed by atoms with E-state index in [0.717, 1.165) is 19.4 Å². The molecule has 0 rings (SSSR count). The van der Waals surface area contributed by atoms with E-state index in [-0.39, 0.29) is 17.4 Å². The molecule has 0 spiro atoms. The van der Waals surface area contributed by atoms with Crippen molar-refractivity contribution < 1.29 is 9.53 Å². The monoisotopic (exact) mass is 271 g/mol. The van der Waals surface area contributed by atoms with Crippen molar-refractivity contribution in [3.05, 3.63) is 0 Å². The van der Waals surface area contributed by atoms with Gasteiger partial charge in [0.2, 0.25) is 0 Å². The van der Waals surface area contributed by atoms with Crippen molar-refractivity contribution >= 4 is 5.97 Å². The first-order valence-corrected chi connectivity index (χ1v) is 7.86. The van der Waals surface area contributed by atoms with Gasteiger partial charge in [0.25, 0.3) is 0 Å². The van der Waals surface area contributed by atoms with Crippen molar-refractivity contribution in [2.45, 2.75) is 79.2 Å². The van der Waals surface area contributed by atoms with Crippen molar-refractivity contribution in [2.24, 2.45) is 5.41 Å². The highest BCUT2D eigenvalue weighted by Gasteiger charge is 2.23. The summed E-state index contributed by atoms with van der Waals surface area (Å²) in [4.78, 5) is 11.8. The molecule has 0 amide bonds. The largest absolute Gasteiger partial charge is 0.465 e. The molecular weight excluding hydrogens is 238 g/mol. The molecule has 0 aliphatic rings. The van der Waals surface area contributed by atoms with Crippen LogP contribution in [0.15, 0.2) is 0 Å². The summed E-state index contributed by atoms with van der Waals surface area (Å²) < 4.78 is 5.12. The average Bonchev–Trinajstić information content (AvgIpc) is 2.35. The normalized spacial score (nSPS) is 13.3. The summed E-state index contributed by atoms with van der Waals surface area (Å²) in [5.41, 5.74) is 0.244. The van der Waals surface area contributed by atoms with Gasteiger partial charge in [-0.25, -0.2) is 0 Å². The number of esters is 1. The molecule has 3 heteroatoms. The molecule has 0 fully saturated rings. The van der Waals surface area contributed by atoms with Crippen molar-refractivity contribution in [1.29, 1.82) is 0 Å². The van der Waals surface area contributed by atoms with Crippen LogP contribution in [0.25, 0.3) is 0 Å². The van der Waals surface area contributed by atoms with Crippen molar-refractivity contribution in [3.63, 3.8) is 0 Å². The topological polar surface area (TPSA) is 38.3 Å². The maximum absolute atomic E-state index is 11.8. The highest BCUT2D eigenvalue weighted by atomic mass is 16.5. The van der Waals surface area contributed by atoms with Crippen LogP contribution in [0.4, 0.5) is 0 Å². The van der Waals surface area contributed by atoms with Crippen molar-refractivity contribution in [2.75, 3.05) is 13.2 Å². The van der Waals surface area contributed by atoms with Gasteiger partial charge in [0.05, 0.1) is 6.61 Å². The number of carbonyl (C=O) groups excluding carboxylic acids is 1. The van der Waals surface area contributed by atoms with Gasteiger partial charge in [-0.15, -0.1) is 0 Å². The van der Waals surface area contributed by atoms with Gasteiger partial charge in [-0.3, -0.25) is 4.79 Å². The highest BCUT2D eigenvalue weighted by molar-refractivity contribution is 5.75. The van der Waals surface area contributed by atoms with Crippen LogP contribution >= 0.6 is 0 Å². The number of rotatable bonds is 11. The van der Waals surface area contributed by atoms with Crippen LogP contribution in [0.2, 0.25) is 0 Å². The Labute approximate surface area is 119 Å². The minimum absolute atomic E-state index is 0.103. The Morgan fingerprint density at radius 2 is 1.84 bits per heavy atom. The molecule has 1 N–H and O–H groups in total. The fourth-order valence-electron chi connectivity index (χ4n) is 2.18. The summed E-state index contributed by atoms with van der Waals surface area (Å²) in [6.07, 6.45) is 6.86. The lowest BCUT2D eigenvalue weighted by molar-refractivity contribution is -0.146. The van der Waals surface area contributed by atoms with Gasteiger partial charge in [-0.1, -0.05) is 53.4 Å². The summed E-state index contributed by atoms with van der Waals surface area (Å²) in [5.74, 6) is -0.103. The first kappa shape index (κ1) is 18.4. The Bertz CT molecular complexity index is 239. The molecule has 0 aliphatic heterocycles. The molecule has 0 saturated carbocycles. The predicted molar refractivity (Wildman–Crippen MR) is 81.3 cm³/mol. The molecule has 0 radical (unpaired) electrons. The molecule has 1 atom stereocenters. The molecular formula is C16H33NO2. The van der Waals surface area contributed by atoms with Crippen LogP contribution in [0.3, 0.4) is 0 Å². The third-order valence-electron chi connectivity index (χ3n) is 3.43. The second kappa shape index (κ2) is 10.2. The molecule has 0 aliphatic carbocycles. The van der Waals surface area contributed by atoms with Crippen molar-refractivity contribution in [1.82, 2.24) is 5.32 Å². The Balaban J connectivity index is 4.17. The first-order valence-electron chi connectivity index (χ1n) is 7.86. The number of hydrogen-bond donors (Lipinski definition) is 1. The van der Waals surface area contributed by atoms with Gasteiger partial charge in [-0.2, -0.15) is 0 Å². The smallest absolute Gasteiger partial charge is 0.323 e. The maximum Gasteiger partial charge on any atom is 0.323 e. The average molecular weight is 271 g/mol. The second-order valence-electron chi connectivity index (χ2n) is 6.10. The zero-order valence-electron chi connectivity index (χ0n) is 13.6. The van der Waals surface area contributed by atoms with Crippen molar-refractivity contribution in [3.8, 4) is 0 Å². The van der Waals surface area contributed by atoms with Gasteiger partial charge in [0, 0.05) is 6.54 Å². The third kappa shape index (κ3) is 9.04. The molecule has 0 aromatic rings. The van der Waals surface area contributed by atoms with Crippen LogP contribution in [-0.2, 0) is 9.53 Å². The van der Waals surface area contributed by atoms with Gasteiger partial charge in [-0.05, 0) is 25.2 Å². The van der Waals surface area contributed by atoms with E-state index in [4.69, 9.17) is 4.74 Å². The minimum atomic E-state index is -0.143. The lowest BCUT2D eigenvalue weighted by Crippen LogP contribution is -2.42. The fraction of sp³-hybridized carbons (Fsp3) is 0.938. The summed E-state index contributed by atoms with van der Waals surface area (Å²) in [5, 5.41) is 3.40. The zero-order valence-corrected chi connectivity index (χ0v) is 13.6. The van der Waals surface area contributed by atoms with E-state index in [1.54, 1.807) is 0 Å². The molecule has 0 aromatic heterocycles.